The molecule has 2 aromatic heterocycles. The summed E-state index contributed by atoms with van der Waals surface area (Å²) in [5.74, 6) is 0.230. The molecule has 1 atom stereocenters. The van der Waals surface area contributed by atoms with Crippen molar-refractivity contribution in [3.8, 4) is 0 Å². The Balaban J connectivity index is 0.00000131. The summed E-state index contributed by atoms with van der Waals surface area (Å²) >= 11 is 0. The molecular weight excluding hydrogens is 387 g/mol. The second-order valence-electron chi connectivity index (χ2n) is 7.18. The number of carbonyl (C=O) groups is 1. The zero-order valence-corrected chi connectivity index (χ0v) is 17.5. The molecule has 2 aliphatic heterocycles. The van der Waals surface area contributed by atoms with E-state index in [0.717, 1.165) is 57.0 Å². The summed E-state index contributed by atoms with van der Waals surface area (Å²) in [6.07, 6.45) is 2.24. The van der Waals surface area contributed by atoms with E-state index < -0.39 is 0 Å². The van der Waals surface area contributed by atoms with E-state index in [1.165, 1.54) is 11.4 Å². The minimum Gasteiger partial charge on any atom is -0.340 e. The van der Waals surface area contributed by atoms with Gasteiger partial charge in [0, 0.05) is 44.7 Å². The fourth-order valence-electron chi connectivity index (χ4n) is 3.95. The smallest absolute Gasteiger partial charge is 0.223 e. The third-order valence-corrected chi connectivity index (χ3v) is 5.22. The fraction of sp³-hybridized carbons (Fsp3) is 0.611. The van der Waals surface area contributed by atoms with Crippen LogP contribution in [0.1, 0.15) is 41.7 Å². The number of rotatable bonds is 4. The first-order chi connectivity index (χ1) is 12.1. The molecule has 1 amide bonds. The minimum absolute atomic E-state index is 0. The maximum atomic E-state index is 12.6. The minimum atomic E-state index is 0. The summed E-state index contributed by atoms with van der Waals surface area (Å²) in [7, 11) is 0. The van der Waals surface area contributed by atoms with Crippen LogP contribution in [0.2, 0.25) is 0 Å². The van der Waals surface area contributed by atoms with Crippen LogP contribution in [-0.4, -0.2) is 50.0 Å². The number of halogens is 2. The quantitative estimate of drug-likeness (QED) is 0.830. The number of amides is 1. The number of carbonyl (C=O) groups excluding carboxylic acids is 1. The van der Waals surface area contributed by atoms with Gasteiger partial charge in [-0.05, 0) is 32.4 Å². The summed E-state index contributed by atoms with van der Waals surface area (Å²) in [4.78, 5) is 14.6. The van der Waals surface area contributed by atoms with Gasteiger partial charge in [-0.1, -0.05) is 0 Å². The Morgan fingerprint density at radius 2 is 2.04 bits per heavy atom. The zero-order valence-electron chi connectivity index (χ0n) is 15.8. The summed E-state index contributed by atoms with van der Waals surface area (Å²) in [6.45, 7) is 8.45. The monoisotopic (exact) mass is 414 g/mol. The largest absolute Gasteiger partial charge is 0.340 e. The highest BCUT2D eigenvalue weighted by Gasteiger charge is 2.28. The molecule has 9 heteroatoms. The predicted octanol–water partition coefficient (Wildman–Crippen LogP) is 2.05. The third-order valence-electron chi connectivity index (χ3n) is 5.22. The van der Waals surface area contributed by atoms with E-state index >= 15 is 0 Å². The summed E-state index contributed by atoms with van der Waals surface area (Å²) < 4.78 is 4.14. The molecule has 2 aromatic rings. The first-order valence-electron chi connectivity index (χ1n) is 9.17. The molecule has 0 spiro atoms. The van der Waals surface area contributed by atoms with E-state index in [4.69, 9.17) is 0 Å². The Hall–Kier alpha value is -1.57. The van der Waals surface area contributed by atoms with Gasteiger partial charge in [-0.15, -0.1) is 24.8 Å². The van der Waals surface area contributed by atoms with E-state index in [0.29, 0.717) is 12.5 Å². The molecule has 0 bridgehead atoms. The van der Waals surface area contributed by atoms with Crippen LogP contribution in [0, 0.1) is 13.8 Å². The van der Waals surface area contributed by atoms with Gasteiger partial charge in [0.2, 0.25) is 5.91 Å². The molecule has 1 unspecified atom stereocenters. The molecule has 0 saturated carbocycles. The number of hydrogen-bond donors (Lipinski definition) is 1. The Labute approximate surface area is 172 Å². The predicted molar refractivity (Wildman–Crippen MR) is 109 cm³/mol. The van der Waals surface area contributed by atoms with Gasteiger partial charge in [0.1, 0.15) is 0 Å². The maximum absolute atomic E-state index is 12.6. The molecule has 2 aliphatic rings. The van der Waals surface area contributed by atoms with Gasteiger partial charge in [-0.2, -0.15) is 10.2 Å². The molecule has 150 valence electrons. The molecule has 27 heavy (non-hydrogen) atoms. The average molecular weight is 415 g/mol. The van der Waals surface area contributed by atoms with Crippen LogP contribution in [0.5, 0.6) is 0 Å². The number of aromatic nitrogens is 4. The van der Waals surface area contributed by atoms with E-state index in [1.807, 2.05) is 11.8 Å². The Morgan fingerprint density at radius 3 is 2.74 bits per heavy atom. The summed E-state index contributed by atoms with van der Waals surface area (Å²) in [5, 5.41) is 12.5. The Morgan fingerprint density at radius 1 is 1.22 bits per heavy atom. The van der Waals surface area contributed by atoms with Crippen molar-refractivity contribution in [2.75, 3.05) is 19.6 Å². The van der Waals surface area contributed by atoms with Crippen molar-refractivity contribution < 1.29 is 4.79 Å². The summed E-state index contributed by atoms with van der Waals surface area (Å²) in [6, 6.07) is 4.53. The molecule has 0 radical (unpaired) electrons. The van der Waals surface area contributed by atoms with E-state index in [2.05, 4.69) is 43.9 Å². The van der Waals surface area contributed by atoms with Crippen LogP contribution in [0.4, 0.5) is 0 Å². The van der Waals surface area contributed by atoms with Crippen molar-refractivity contribution in [1.29, 1.82) is 0 Å². The lowest BCUT2D eigenvalue weighted by atomic mass is 10.2. The Bertz CT molecular complexity index is 763. The molecule has 1 saturated heterocycles. The second kappa shape index (κ2) is 9.08. The first-order valence-corrected chi connectivity index (χ1v) is 9.17. The van der Waals surface area contributed by atoms with Crippen molar-refractivity contribution >= 4 is 30.7 Å². The molecule has 4 rings (SSSR count). The van der Waals surface area contributed by atoms with Crippen LogP contribution in [-0.2, 0) is 24.3 Å². The lowest BCUT2D eigenvalue weighted by Gasteiger charge is -2.17. The van der Waals surface area contributed by atoms with Gasteiger partial charge in [-0.3, -0.25) is 14.2 Å². The zero-order chi connectivity index (χ0) is 17.4. The Kier molecular flexibility index (Phi) is 7.31. The molecule has 0 aliphatic carbocycles. The topological polar surface area (TPSA) is 68.0 Å². The van der Waals surface area contributed by atoms with Crippen molar-refractivity contribution in [2.45, 2.75) is 52.2 Å². The number of nitrogens with zero attached hydrogens (tertiary/aromatic N) is 5. The highest BCUT2D eigenvalue weighted by Crippen LogP contribution is 2.24. The first kappa shape index (κ1) is 21.7. The number of likely N-dealkylation sites (tertiary alicyclic amines) is 1. The van der Waals surface area contributed by atoms with Crippen LogP contribution >= 0.6 is 24.8 Å². The van der Waals surface area contributed by atoms with Crippen LogP contribution in [0.25, 0.3) is 0 Å². The van der Waals surface area contributed by atoms with Gasteiger partial charge in [0.15, 0.2) is 0 Å². The fourth-order valence-corrected chi connectivity index (χ4v) is 3.95. The van der Waals surface area contributed by atoms with Crippen LogP contribution in [0.3, 0.4) is 0 Å². The van der Waals surface area contributed by atoms with Crippen molar-refractivity contribution in [1.82, 2.24) is 29.8 Å². The van der Waals surface area contributed by atoms with Gasteiger partial charge < -0.3 is 10.2 Å². The van der Waals surface area contributed by atoms with Crippen LogP contribution < -0.4 is 5.32 Å². The lowest BCUT2D eigenvalue weighted by molar-refractivity contribution is -0.130. The number of aryl methyl sites for hydroxylation is 3. The van der Waals surface area contributed by atoms with Crippen molar-refractivity contribution in [3.05, 3.63) is 34.9 Å². The average Bonchev–Trinajstić information content (AvgIpc) is 3.30. The third kappa shape index (κ3) is 4.65. The van der Waals surface area contributed by atoms with E-state index in [1.54, 1.807) is 0 Å². The maximum Gasteiger partial charge on any atom is 0.223 e. The molecule has 7 nitrogen and oxygen atoms in total. The highest BCUT2D eigenvalue weighted by molar-refractivity contribution is 5.85. The molecular formula is C18H28Cl2N6O. The van der Waals surface area contributed by atoms with Crippen molar-refractivity contribution in [2.24, 2.45) is 0 Å². The number of hydrogen-bond acceptors (Lipinski definition) is 4. The molecule has 1 fully saturated rings. The standard InChI is InChI=1S/C18H26N6O.2ClH/c1-13-9-14(2)24(20-13)16-5-7-22(12-16)18(25)4-3-15-10-17-11-19-6-8-23(17)21-15;;/h9-10,16,19H,3-8,11-12H2,1-2H3;2*1H. The van der Waals surface area contributed by atoms with E-state index in [9.17, 15) is 4.79 Å². The lowest BCUT2D eigenvalue weighted by Crippen LogP contribution is -2.29. The van der Waals surface area contributed by atoms with Gasteiger partial charge in [0.05, 0.1) is 29.7 Å². The van der Waals surface area contributed by atoms with Crippen molar-refractivity contribution in [3.63, 3.8) is 0 Å². The normalized spacial score (nSPS) is 18.6. The van der Waals surface area contributed by atoms with Gasteiger partial charge in [0.25, 0.3) is 0 Å². The highest BCUT2D eigenvalue weighted by atomic mass is 35.5. The van der Waals surface area contributed by atoms with E-state index in [-0.39, 0.29) is 30.7 Å². The second-order valence-corrected chi connectivity index (χ2v) is 7.18. The number of fused-ring (bicyclic) bond motifs is 1. The van der Waals surface area contributed by atoms with Crippen LogP contribution in [0.15, 0.2) is 12.1 Å². The van der Waals surface area contributed by atoms with Gasteiger partial charge >= 0.3 is 0 Å². The molecule has 4 heterocycles. The molecule has 0 aromatic carbocycles. The SMILES string of the molecule is Cc1cc(C)n(C2CCN(C(=O)CCc3cc4n(n3)CCNC4)C2)n1.Cl.Cl. The molecule has 1 N–H and O–H groups in total. The van der Waals surface area contributed by atoms with Gasteiger partial charge in [-0.25, -0.2) is 0 Å². The summed E-state index contributed by atoms with van der Waals surface area (Å²) in [5.41, 5.74) is 4.47. The number of nitrogens with one attached hydrogen (secondary N) is 1.